The Balaban J connectivity index is 1.45. The molecule has 3 rings (SSSR count). The van der Waals surface area contributed by atoms with Crippen LogP contribution in [0.15, 0.2) is 48.8 Å². The molecule has 0 radical (unpaired) electrons. The Morgan fingerprint density at radius 1 is 1.12 bits per heavy atom. The van der Waals surface area contributed by atoms with Crippen LogP contribution in [0.2, 0.25) is 0 Å². The molecular weight excluding hydrogens is 422 g/mol. The second-order valence-electron chi connectivity index (χ2n) is 9.33. The van der Waals surface area contributed by atoms with Gasteiger partial charge >= 0.3 is 12.1 Å². The molecule has 1 aromatic heterocycles. The van der Waals surface area contributed by atoms with Crippen molar-refractivity contribution in [3.63, 3.8) is 0 Å². The summed E-state index contributed by atoms with van der Waals surface area (Å²) in [5.74, 6) is 0.138. The summed E-state index contributed by atoms with van der Waals surface area (Å²) in [6.07, 6.45) is 5.18. The second-order valence-corrected chi connectivity index (χ2v) is 9.33. The highest BCUT2D eigenvalue weighted by Crippen LogP contribution is 2.24. The van der Waals surface area contributed by atoms with Crippen molar-refractivity contribution in [3.8, 4) is 5.75 Å². The van der Waals surface area contributed by atoms with E-state index in [1.807, 2.05) is 48.8 Å². The smallest absolute Gasteiger partial charge is 0.408 e. The van der Waals surface area contributed by atoms with Crippen molar-refractivity contribution in [2.75, 3.05) is 24.6 Å². The number of carboxylic acid groups (broad SMARTS) is 1. The number of amides is 1. The standard InChI is InChI=1S/C25H33N3O5/c1-25(2,3)33-24(31)27-22(23(29)30)16-18-4-6-21(7-5-18)32-17-19-10-14-28(15-11-19)20-8-12-26-13-9-20/h4-9,12-13,19,22H,10-11,14-17H2,1-3H3,(H,27,31)(H,29,30). The number of hydrogen-bond donors (Lipinski definition) is 2. The maximum Gasteiger partial charge on any atom is 0.408 e. The first kappa shape index (κ1) is 24.4. The fourth-order valence-corrected chi connectivity index (χ4v) is 3.73. The molecule has 8 nitrogen and oxygen atoms in total. The molecule has 0 bridgehead atoms. The van der Waals surface area contributed by atoms with Crippen LogP contribution in [0, 0.1) is 5.92 Å². The van der Waals surface area contributed by atoms with Gasteiger partial charge in [-0.15, -0.1) is 0 Å². The van der Waals surface area contributed by atoms with Gasteiger partial charge in [-0.2, -0.15) is 0 Å². The van der Waals surface area contributed by atoms with Crippen LogP contribution in [0.1, 0.15) is 39.2 Å². The number of pyridine rings is 1. The number of hydrogen-bond acceptors (Lipinski definition) is 6. The number of benzene rings is 1. The molecule has 1 fully saturated rings. The predicted molar refractivity (Wildman–Crippen MR) is 126 cm³/mol. The van der Waals surface area contributed by atoms with E-state index >= 15 is 0 Å². The SMILES string of the molecule is CC(C)(C)OC(=O)NC(Cc1ccc(OCC2CCN(c3ccncc3)CC2)cc1)C(=O)O. The highest BCUT2D eigenvalue weighted by molar-refractivity contribution is 5.80. The summed E-state index contributed by atoms with van der Waals surface area (Å²) in [7, 11) is 0. The number of nitrogens with one attached hydrogen (secondary N) is 1. The minimum Gasteiger partial charge on any atom is -0.493 e. The Bertz CT molecular complexity index is 904. The monoisotopic (exact) mass is 455 g/mol. The van der Waals surface area contributed by atoms with Crippen LogP contribution < -0.4 is 15.0 Å². The van der Waals surface area contributed by atoms with E-state index in [1.165, 1.54) is 5.69 Å². The number of piperidine rings is 1. The van der Waals surface area contributed by atoms with E-state index in [9.17, 15) is 14.7 Å². The number of aliphatic carboxylic acids is 1. The molecule has 1 atom stereocenters. The number of alkyl carbamates (subject to hydrolysis) is 1. The van der Waals surface area contributed by atoms with E-state index in [0.717, 1.165) is 37.2 Å². The summed E-state index contributed by atoms with van der Waals surface area (Å²) in [5.41, 5.74) is 1.30. The van der Waals surface area contributed by atoms with Crippen molar-refractivity contribution in [1.82, 2.24) is 10.3 Å². The molecule has 2 N–H and O–H groups in total. The van der Waals surface area contributed by atoms with E-state index in [1.54, 1.807) is 20.8 Å². The summed E-state index contributed by atoms with van der Waals surface area (Å²) in [6.45, 7) is 7.83. The molecule has 0 spiro atoms. The third-order valence-electron chi connectivity index (χ3n) is 5.48. The van der Waals surface area contributed by atoms with Gasteiger partial charge in [0.1, 0.15) is 17.4 Å². The summed E-state index contributed by atoms with van der Waals surface area (Å²) >= 11 is 0. The van der Waals surface area contributed by atoms with Gasteiger partial charge < -0.3 is 24.8 Å². The normalized spacial score (nSPS) is 15.5. The quantitative estimate of drug-likeness (QED) is 0.623. The number of carbonyl (C=O) groups is 2. The Morgan fingerprint density at radius 2 is 1.76 bits per heavy atom. The molecule has 2 aromatic rings. The van der Waals surface area contributed by atoms with Crippen LogP contribution >= 0.6 is 0 Å². The Hall–Kier alpha value is -3.29. The van der Waals surface area contributed by atoms with Gasteiger partial charge in [0.15, 0.2) is 0 Å². The number of anilines is 1. The molecule has 1 amide bonds. The summed E-state index contributed by atoms with van der Waals surface area (Å²) in [6, 6.07) is 10.3. The van der Waals surface area contributed by atoms with Gasteiger partial charge in [-0.3, -0.25) is 4.98 Å². The number of carboxylic acids is 1. The minimum absolute atomic E-state index is 0.155. The zero-order valence-corrected chi connectivity index (χ0v) is 19.5. The predicted octanol–water partition coefficient (Wildman–Crippen LogP) is 3.90. The third-order valence-corrected chi connectivity index (χ3v) is 5.48. The maximum atomic E-state index is 11.9. The molecule has 1 aliphatic rings. The fraction of sp³-hybridized carbons (Fsp3) is 0.480. The molecular formula is C25H33N3O5. The van der Waals surface area contributed by atoms with Crippen LogP contribution in [0.4, 0.5) is 10.5 Å². The minimum atomic E-state index is -1.11. The third kappa shape index (κ3) is 7.97. The maximum absolute atomic E-state index is 11.9. The van der Waals surface area contributed by atoms with Crippen LogP contribution in [-0.2, 0) is 16.0 Å². The van der Waals surface area contributed by atoms with Gasteiger partial charge in [0.25, 0.3) is 0 Å². The lowest BCUT2D eigenvalue weighted by atomic mass is 9.97. The van der Waals surface area contributed by atoms with Crippen LogP contribution in [-0.4, -0.2) is 53.5 Å². The van der Waals surface area contributed by atoms with Crippen molar-refractivity contribution in [2.24, 2.45) is 5.92 Å². The van der Waals surface area contributed by atoms with Gasteiger partial charge in [-0.25, -0.2) is 9.59 Å². The molecule has 2 heterocycles. The summed E-state index contributed by atoms with van der Waals surface area (Å²) in [4.78, 5) is 29.9. The number of rotatable bonds is 8. The van der Waals surface area contributed by atoms with E-state index in [-0.39, 0.29) is 6.42 Å². The topological polar surface area (TPSA) is 101 Å². The van der Waals surface area contributed by atoms with Crippen LogP contribution in [0.3, 0.4) is 0 Å². The first-order valence-electron chi connectivity index (χ1n) is 11.3. The van der Waals surface area contributed by atoms with Gasteiger partial charge in [0, 0.05) is 37.6 Å². The van der Waals surface area contributed by atoms with Crippen molar-refractivity contribution < 1.29 is 24.2 Å². The molecule has 1 unspecified atom stereocenters. The summed E-state index contributed by atoms with van der Waals surface area (Å²) < 4.78 is 11.1. The molecule has 1 aromatic carbocycles. The van der Waals surface area contributed by atoms with E-state index in [4.69, 9.17) is 9.47 Å². The second kappa shape index (κ2) is 11.0. The first-order chi connectivity index (χ1) is 15.7. The molecule has 33 heavy (non-hydrogen) atoms. The van der Waals surface area contributed by atoms with Crippen molar-refractivity contribution in [2.45, 2.75) is 51.7 Å². The average molecular weight is 456 g/mol. The van der Waals surface area contributed by atoms with Gasteiger partial charge in [-0.05, 0) is 69.4 Å². The number of carbonyl (C=O) groups excluding carboxylic acids is 1. The largest absolute Gasteiger partial charge is 0.493 e. The van der Waals surface area contributed by atoms with E-state index in [2.05, 4.69) is 15.2 Å². The number of nitrogens with zero attached hydrogens (tertiary/aromatic N) is 2. The van der Waals surface area contributed by atoms with Crippen LogP contribution in [0.5, 0.6) is 5.75 Å². The van der Waals surface area contributed by atoms with Crippen molar-refractivity contribution in [1.29, 1.82) is 0 Å². The molecule has 178 valence electrons. The van der Waals surface area contributed by atoms with Crippen LogP contribution in [0.25, 0.3) is 0 Å². The van der Waals surface area contributed by atoms with Gasteiger partial charge in [0.2, 0.25) is 0 Å². The lowest BCUT2D eigenvalue weighted by Gasteiger charge is -2.33. The van der Waals surface area contributed by atoms with E-state index < -0.39 is 23.7 Å². The van der Waals surface area contributed by atoms with Crippen molar-refractivity contribution in [3.05, 3.63) is 54.4 Å². The molecule has 0 aliphatic carbocycles. The lowest BCUT2D eigenvalue weighted by molar-refractivity contribution is -0.139. The molecule has 1 aliphatic heterocycles. The molecule has 0 saturated carbocycles. The highest BCUT2D eigenvalue weighted by Gasteiger charge is 2.24. The Kier molecular flexibility index (Phi) is 8.14. The number of aromatic nitrogens is 1. The average Bonchev–Trinajstić information content (AvgIpc) is 2.78. The lowest BCUT2D eigenvalue weighted by Crippen LogP contribution is -2.44. The van der Waals surface area contributed by atoms with Crippen molar-refractivity contribution >= 4 is 17.7 Å². The summed E-state index contributed by atoms with van der Waals surface area (Å²) in [5, 5.41) is 11.9. The first-order valence-corrected chi connectivity index (χ1v) is 11.3. The zero-order chi connectivity index (χ0) is 23.8. The fourth-order valence-electron chi connectivity index (χ4n) is 3.73. The molecule has 8 heteroatoms. The zero-order valence-electron chi connectivity index (χ0n) is 19.5. The Morgan fingerprint density at radius 3 is 2.33 bits per heavy atom. The highest BCUT2D eigenvalue weighted by atomic mass is 16.6. The van der Waals surface area contributed by atoms with Gasteiger partial charge in [-0.1, -0.05) is 12.1 Å². The van der Waals surface area contributed by atoms with E-state index in [0.29, 0.717) is 12.5 Å². The number of ether oxygens (including phenoxy) is 2. The molecule has 1 saturated heterocycles. The van der Waals surface area contributed by atoms with Gasteiger partial charge in [0.05, 0.1) is 6.61 Å². The Labute approximate surface area is 194 Å².